The zero-order chi connectivity index (χ0) is 9.84. The summed E-state index contributed by atoms with van der Waals surface area (Å²) in [5.74, 6) is -0.0363. The second-order valence-corrected chi connectivity index (χ2v) is 3.80. The Morgan fingerprint density at radius 3 is 2.85 bits per heavy atom. The number of rotatable bonds is 3. The first-order valence-electron chi connectivity index (χ1n) is 3.90. The van der Waals surface area contributed by atoms with Crippen molar-refractivity contribution in [1.82, 2.24) is 0 Å². The highest BCUT2D eigenvalue weighted by molar-refractivity contribution is 7.99. The predicted molar refractivity (Wildman–Crippen MR) is 54.2 cm³/mol. The third-order valence-electron chi connectivity index (χ3n) is 1.56. The Hall–Kier alpha value is -1.16. The number of carboxylic acid groups (broad SMARTS) is 1. The second-order valence-electron chi connectivity index (χ2n) is 2.49. The Morgan fingerprint density at radius 2 is 2.31 bits per heavy atom. The van der Waals surface area contributed by atoms with E-state index < -0.39 is 5.97 Å². The molecule has 0 amide bonds. The van der Waals surface area contributed by atoms with Gasteiger partial charge in [0.1, 0.15) is 0 Å². The minimum Gasteiger partial charge on any atom is -0.478 e. The number of carbonyl (C=O) groups is 1. The summed E-state index contributed by atoms with van der Waals surface area (Å²) in [4.78, 5) is 11.5. The van der Waals surface area contributed by atoms with E-state index in [2.05, 4.69) is 0 Å². The first kappa shape index (κ1) is 9.92. The summed E-state index contributed by atoms with van der Waals surface area (Å²) in [6.45, 7) is 2.00. The van der Waals surface area contributed by atoms with E-state index in [1.54, 1.807) is 23.9 Å². The van der Waals surface area contributed by atoms with Crippen LogP contribution in [0.15, 0.2) is 23.1 Å². The molecule has 0 radical (unpaired) electrons. The van der Waals surface area contributed by atoms with Crippen molar-refractivity contribution in [2.24, 2.45) is 0 Å². The van der Waals surface area contributed by atoms with Gasteiger partial charge in [-0.1, -0.05) is 6.92 Å². The summed E-state index contributed by atoms with van der Waals surface area (Å²) < 4.78 is 0. The minimum absolute atomic E-state index is 0.283. The predicted octanol–water partition coefficient (Wildman–Crippen LogP) is 2.08. The van der Waals surface area contributed by atoms with Gasteiger partial charge in [-0.3, -0.25) is 0 Å². The van der Waals surface area contributed by atoms with Crippen molar-refractivity contribution in [2.45, 2.75) is 11.8 Å². The first-order chi connectivity index (χ1) is 6.15. The molecule has 0 heterocycles. The summed E-state index contributed by atoms with van der Waals surface area (Å²) in [7, 11) is 0. The Balaban J connectivity index is 3.03. The van der Waals surface area contributed by atoms with Crippen LogP contribution in [0.5, 0.6) is 0 Å². The fraction of sp³-hybridized carbons (Fsp3) is 0.222. The van der Waals surface area contributed by atoms with E-state index in [4.69, 9.17) is 10.8 Å². The van der Waals surface area contributed by atoms with Crippen LogP contribution in [0.3, 0.4) is 0 Å². The zero-order valence-corrected chi connectivity index (χ0v) is 8.10. The molecule has 3 N–H and O–H groups in total. The number of aromatic carboxylic acids is 1. The van der Waals surface area contributed by atoms with Crippen LogP contribution in [0, 0.1) is 0 Å². The fourth-order valence-corrected chi connectivity index (χ4v) is 1.70. The number of nitrogen functional groups attached to an aromatic ring is 1. The van der Waals surface area contributed by atoms with Crippen LogP contribution >= 0.6 is 11.8 Å². The molecule has 0 atom stereocenters. The topological polar surface area (TPSA) is 63.3 Å². The lowest BCUT2D eigenvalue weighted by atomic mass is 10.2. The van der Waals surface area contributed by atoms with Crippen molar-refractivity contribution in [3.63, 3.8) is 0 Å². The van der Waals surface area contributed by atoms with E-state index in [1.165, 1.54) is 6.07 Å². The molecule has 0 bridgehead atoms. The van der Waals surface area contributed by atoms with Crippen LogP contribution in [-0.4, -0.2) is 16.8 Å². The van der Waals surface area contributed by atoms with Crippen molar-refractivity contribution < 1.29 is 9.90 Å². The lowest BCUT2D eigenvalue weighted by molar-refractivity contribution is 0.0696. The van der Waals surface area contributed by atoms with E-state index in [-0.39, 0.29) is 5.56 Å². The number of benzene rings is 1. The van der Waals surface area contributed by atoms with Gasteiger partial charge in [0, 0.05) is 10.6 Å². The number of carboxylic acids is 1. The maximum atomic E-state index is 10.6. The van der Waals surface area contributed by atoms with Crippen LogP contribution < -0.4 is 5.73 Å². The molecule has 0 saturated carbocycles. The van der Waals surface area contributed by atoms with Crippen molar-refractivity contribution in [1.29, 1.82) is 0 Å². The lowest BCUT2D eigenvalue weighted by Gasteiger charge is -2.04. The van der Waals surface area contributed by atoms with Crippen LogP contribution in [0.1, 0.15) is 17.3 Å². The Labute approximate surface area is 80.9 Å². The maximum absolute atomic E-state index is 10.6. The fourth-order valence-electron chi connectivity index (χ4n) is 0.948. The van der Waals surface area contributed by atoms with Gasteiger partial charge in [0.25, 0.3) is 0 Å². The van der Waals surface area contributed by atoms with E-state index in [0.29, 0.717) is 5.69 Å². The Kier molecular flexibility index (Phi) is 3.19. The van der Waals surface area contributed by atoms with Crippen LogP contribution in [0.4, 0.5) is 5.69 Å². The molecular formula is C9H11NO2S. The molecule has 13 heavy (non-hydrogen) atoms. The molecule has 0 aliphatic carbocycles. The number of hydrogen-bond donors (Lipinski definition) is 2. The summed E-state index contributed by atoms with van der Waals surface area (Å²) >= 11 is 1.55. The maximum Gasteiger partial charge on any atom is 0.335 e. The Bertz CT molecular complexity index is 325. The van der Waals surface area contributed by atoms with Gasteiger partial charge in [0.05, 0.1) is 5.56 Å². The normalized spacial score (nSPS) is 9.92. The Morgan fingerprint density at radius 1 is 1.62 bits per heavy atom. The van der Waals surface area contributed by atoms with Gasteiger partial charge in [-0.2, -0.15) is 0 Å². The molecule has 4 heteroatoms. The monoisotopic (exact) mass is 197 g/mol. The highest BCUT2D eigenvalue weighted by Gasteiger charge is 2.05. The third kappa shape index (κ3) is 2.39. The molecule has 1 rings (SSSR count). The number of thioether (sulfide) groups is 1. The third-order valence-corrected chi connectivity index (χ3v) is 2.51. The molecule has 0 saturated heterocycles. The molecule has 1 aromatic rings. The van der Waals surface area contributed by atoms with E-state index >= 15 is 0 Å². The molecule has 0 aliphatic heterocycles. The lowest BCUT2D eigenvalue weighted by Crippen LogP contribution is -1.98. The average molecular weight is 197 g/mol. The molecule has 1 aromatic carbocycles. The highest BCUT2D eigenvalue weighted by atomic mass is 32.2. The molecule has 0 spiro atoms. The van der Waals surface area contributed by atoms with Crippen LogP contribution in [0.2, 0.25) is 0 Å². The first-order valence-corrected chi connectivity index (χ1v) is 4.89. The van der Waals surface area contributed by atoms with Crippen molar-refractivity contribution >= 4 is 23.4 Å². The summed E-state index contributed by atoms with van der Waals surface area (Å²) in [5, 5.41) is 8.72. The molecule has 0 fully saturated rings. The van der Waals surface area contributed by atoms with Gasteiger partial charge in [-0.15, -0.1) is 11.8 Å². The van der Waals surface area contributed by atoms with Gasteiger partial charge in [-0.05, 0) is 24.0 Å². The van der Waals surface area contributed by atoms with Gasteiger partial charge in [0.2, 0.25) is 0 Å². The van der Waals surface area contributed by atoms with Crippen molar-refractivity contribution in [3.05, 3.63) is 23.8 Å². The van der Waals surface area contributed by atoms with Gasteiger partial charge >= 0.3 is 5.97 Å². The average Bonchev–Trinajstić information content (AvgIpc) is 2.08. The number of hydrogen-bond acceptors (Lipinski definition) is 3. The van der Waals surface area contributed by atoms with Crippen molar-refractivity contribution in [2.75, 3.05) is 11.5 Å². The van der Waals surface area contributed by atoms with Crippen LogP contribution in [-0.2, 0) is 0 Å². The SMILES string of the molecule is CCSc1cc(C(=O)O)ccc1N. The largest absolute Gasteiger partial charge is 0.478 e. The molecule has 0 aliphatic rings. The second kappa shape index (κ2) is 4.18. The van der Waals surface area contributed by atoms with E-state index in [0.717, 1.165) is 10.6 Å². The molecular weight excluding hydrogens is 186 g/mol. The number of nitrogens with two attached hydrogens (primary N) is 1. The van der Waals surface area contributed by atoms with Gasteiger partial charge in [-0.25, -0.2) is 4.79 Å². The van der Waals surface area contributed by atoms with Gasteiger partial charge < -0.3 is 10.8 Å². The van der Waals surface area contributed by atoms with Crippen LogP contribution in [0.25, 0.3) is 0 Å². The molecule has 3 nitrogen and oxygen atoms in total. The molecule has 0 unspecified atom stereocenters. The number of anilines is 1. The quantitative estimate of drug-likeness (QED) is 0.575. The molecule has 0 aromatic heterocycles. The zero-order valence-electron chi connectivity index (χ0n) is 7.28. The van der Waals surface area contributed by atoms with E-state index in [9.17, 15) is 4.79 Å². The highest BCUT2D eigenvalue weighted by Crippen LogP contribution is 2.25. The summed E-state index contributed by atoms with van der Waals surface area (Å²) in [6.07, 6.45) is 0. The smallest absolute Gasteiger partial charge is 0.335 e. The summed E-state index contributed by atoms with van der Waals surface area (Å²) in [5.41, 5.74) is 6.58. The standard InChI is InChI=1S/C9H11NO2S/c1-2-13-8-5-6(9(11)12)3-4-7(8)10/h3-5H,2,10H2,1H3,(H,11,12). The van der Waals surface area contributed by atoms with Gasteiger partial charge in [0.15, 0.2) is 0 Å². The minimum atomic E-state index is -0.919. The van der Waals surface area contributed by atoms with E-state index in [1.807, 2.05) is 6.92 Å². The van der Waals surface area contributed by atoms with Crippen molar-refractivity contribution in [3.8, 4) is 0 Å². The summed E-state index contributed by atoms with van der Waals surface area (Å²) in [6, 6.07) is 4.74. The molecule has 70 valence electrons.